The molecule has 106 valence electrons. The van der Waals surface area contributed by atoms with Crippen LogP contribution in [0.1, 0.15) is 0 Å². The summed E-state index contributed by atoms with van der Waals surface area (Å²) in [5, 5.41) is 4.31. The third-order valence-corrected chi connectivity index (χ3v) is 2.92. The van der Waals surface area contributed by atoms with Gasteiger partial charge in [-0.2, -0.15) is 5.10 Å². The van der Waals surface area contributed by atoms with Gasteiger partial charge in [0, 0.05) is 18.0 Å². The Morgan fingerprint density at radius 2 is 2.00 bits per heavy atom. The molecule has 0 aliphatic carbocycles. The minimum absolute atomic E-state index is 0.170. The van der Waals surface area contributed by atoms with Crippen LogP contribution < -0.4 is 10.5 Å². The maximum absolute atomic E-state index is 13.8. The molecule has 0 atom stereocenters. The third kappa shape index (κ3) is 2.40. The molecular formula is C14H12FN5O. The first-order valence-electron chi connectivity index (χ1n) is 6.15. The molecule has 2 aromatic heterocycles. The van der Waals surface area contributed by atoms with Crippen molar-refractivity contribution in [1.82, 2.24) is 19.7 Å². The van der Waals surface area contributed by atoms with Crippen molar-refractivity contribution in [2.24, 2.45) is 0 Å². The van der Waals surface area contributed by atoms with Crippen LogP contribution >= 0.6 is 0 Å². The number of rotatable bonds is 3. The zero-order chi connectivity index (χ0) is 14.8. The average molecular weight is 285 g/mol. The molecule has 0 radical (unpaired) electrons. The fraction of sp³-hybridized carbons (Fsp3) is 0.0714. The van der Waals surface area contributed by atoms with Crippen LogP contribution in [0.4, 0.5) is 10.1 Å². The summed E-state index contributed by atoms with van der Waals surface area (Å²) in [4.78, 5) is 8.16. The molecule has 0 saturated carbocycles. The van der Waals surface area contributed by atoms with E-state index < -0.39 is 5.82 Å². The number of aromatic nitrogens is 4. The third-order valence-electron chi connectivity index (χ3n) is 2.92. The lowest BCUT2D eigenvalue weighted by molar-refractivity contribution is 0.386. The van der Waals surface area contributed by atoms with E-state index in [4.69, 9.17) is 10.5 Å². The molecule has 0 amide bonds. The van der Waals surface area contributed by atoms with Crippen molar-refractivity contribution in [3.8, 4) is 23.0 Å². The molecule has 1 aromatic carbocycles. The number of nitrogens with two attached hydrogens (primary N) is 1. The van der Waals surface area contributed by atoms with Gasteiger partial charge in [-0.1, -0.05) is 0 Å². The van der Waals surface area contributed by atoms with E-state index in [-0.39, 0.29) is 5.75 Å². The Morgan fingerprint density at radius 3 is 2.67 bits per heavy atom. The SMILES string of the molecule is COc1ccc(-c2nn(-c3ncccn3)cc2N)cc1F. The van der Waals surface area contributed by atoms with Crippen molar-refractivity contribution in [2.75, 3.05) is 12.8 Å². The number of benzene rings is 1. The summed E-state index contributed by atoms with van der Waals surface area (Å²) < 4.78 is 20.1. The van der Waals surface area contributed by atoms with E-state index in [9.17, 15) is 4.39 Å². The van der Waals surface area contributed by atoms with E-state index in [0.717, 1.165) is 0 Å². The first kappa shape index (κ1) is 13.0. The molecule has 21 heavy (non-hydrogen) atoms. The Morgan fingerprint density at radius 1 is 1.24 bits per heavy atom. The highest BCUT2D eigenvalue weighted by Gasteiger charge is 2.13. The first-order valence-corrected chi connectivity index (χ1v) is 6.15. The quantitative estimate of drug-likeness (QED) is 0.796. The minimum atomic E-state index is -0.472. The van der Waals surface area contributed by atoms with Crippen LogP contribution in [-0.4, -0.2) is 26.9 Å². The average Bonchev–Trinajstić information content (AvgIpc) is 2.90. The Balaban J connectivity index is 2.04. The summed E-state index contributed by atoms with van der Waals surface area (Å²) in [5.74, 6) is 0.0903. The van der Waals surface area contributed by atoms with Crippen molar-refractivity contribution in [3.05, 3.63) is 48.7 Å². The highest BCUT2D eigenvalue weighted by atomic mass is 19.1. The van der Waals surface area contributed by atoms with Crippen LogP contribution in [0, 0.1) is 5.82 Å². The Hall–Kier alpha value is -2.96. The van der Waals surface area contributed by atoms with Crippen LogP contribution in [0.5, 0.6) is 5.75 Å². The van der Waals surface area contributed by atoms with Crippen molar-refractivity contribution >= 4 is 5.69 Å². The van der Waals surface area contributed by atoms with Gasteiger partial charge in [-0.25, -0.2) is 19.0 Å². The maximum Gasteiger partial charge on any atom is 0.250 e. The number of nitrogens with zero attached hydrogens (tertiary/aromatic N) is 4. The van der Waals surface area contributed by atoms with Crippen LogP contribution in [0.2, 0.25) is 0 Å². The van der Waals surface area contributed by atoms with E-state index in [1.807, 2.05) is 0 Å². The van der Waals surface area contributed by atoms with Crippen molar-refractivity contribution in [1.29, 1.82) is 0 Å². The second kappa shape index (κ2) is 5.20. The smallest absolute Gasteiger partial charge is 0.250 e. The van der Waals surface area contributed by atoms with Gasteiger partial charge in [0.05, 0.1) is 19.0 Å². The Labute approximate surface area is 120 Å². The van der Waals surface area contributed by atoms with Gasteiger partial charge in [0.15, 0.2) is 11.6 Å². The number of halogens is 1. The monoisotopic (exact) mass is 285 g/mol. The van der Waals surface area contributed by atoms with E-state index in [1.54, 1.807) is 30.7 Å². The summed E-state index contributed by atoms with van der Waals surface area (Å²) >= 11 is 0. The molecule has 6 nitrogen and oxygen atoms in total. The van der Waals surface area contributed by atoms with Gasteiger partial charge < -0.3 is 10.5 Å². The molecule has 0 bridgehead atoms. The number of anilines is 1. The van der Waals surface area contributed by atoms with Crippen molar-refractivity contribution in [2.45, 2.75) is 0 Å². The molecule has 3 rings (SSSR count). The highest BCUT2D eigenvalue weighted by Crippen LogP contribution is 2.28. The summed E-state index contributed by atoms with van der Waals surface area (Å²) in [7, 11) is 1.41. The zero-order valence-corrected chi connectivity index (χ0v) is 11.2. The molecule has 2 N–H and O–H groups in total. The van der Waals surface area contributed by atoms with Gasteiger partial charge in [-0.05, 0) is 24.3 Å². The molecule has 2 heterocycles. The Bertz CT molecular complexity index is 772. The summed E-state index contributed by atoms with van der Waals surface area (Å²) in [5.41, 5.74) is 7.37. The van der Waals surface area contributed by atoms with Gasteiger partial charge in [-0.15, -0.1) is 0 Å². The van der Waals surface area contributed by atoms with Crippen LogP contribution in [0.3, 0.4) is 0 Å². The molecule has 0 fully saturated rings. The lowest BCUT2D eigenvalue weighted by atomic mass is 10.1. The van der Waals surface area contributed by atoms with Gasteiger partial charge in [0.25, 0.3) is 5.95 Å². The fourth-order valence-corrected chi connectivity index (χ4v) is 1.94. The van der Waals surface area contributed by atoms with E-state index in [2.05, 4.69) is 15.1 Å². The molecule has 0 spiro atoms. The number of ether oxygens (including phenoxy) is 1. The predicted octanol–water partition coefficient (Wildman–Crippen LogP) is 2.06. The molecule has 0 saturated heterocycles. The molecular weight excluding hydrogens is 273 g/mol. The fourth-order valence-electron chi connectivity index (χ4n) is 1.94. The normalized spacial score (nSPS) is 10.6. The van der Waals surface area contributed by atoms with Crippen LogP contribution in [0.15, 0.2) is 42.9 Å². The number of methoxy groups -OCH3 is 1. The molecule has 3 aromatic rings. The first-order chi connectivity index (χ1) is 10.2. The van der Waals surface area contributed by atoms with E-state index >= 15 is 0 Å². The Kier molecular flexibility index (Phi) is 3.23. The van der Waals surface area contributed by atoms with Crippen LogP contribution in [0.25, 0.3) is 17.2 Å². The second-order valence-electron chi connectivity index (χ2n) is 4.28. The maximum atomic E-state index is 13.8. The van der Waals surface area contributed by atoms with E-state index in [1.165, 1.54) is 23.9 Å². The molecule has 0 aliphatic rings. The van der Waals surface area contributed by atoms with Gasteiger partial charge >= 0.3 is 0 Å². The predicted molar refractivity (Wildman–Crippen MR) is 75.5 cm³/mol. The van der Waals surface area contributed by atoms with Crippen molar-refractivity contribution in [3.63, 3.8) is 0 Å². The second-order valence-corrected chi connectivity index (χ2v) is 4.28. The van der Waals surface area contributed by atoms with Gasteiger partial charge in [-0.3, -0.25) is 0 Å². The molecule has 0 aliphatic heterocycles. The lowest BCUT2D eigenvalue weighted by Gasteiger charge is -2.03. The topological polar surface area (TPSA) is 78.8 Å². The molecule has 0 unspecified atom stereocenters. The zero-order valence-electron chi connectivity index (χ0n) is 11.2. The van der Waals surface area contributed by atoms with E-state index in [0.29, 0.717) is 22.9 Å². The lowest BCUT2D eigenvalue weighted by Crippen LogP contribution is -2.00. The van der Waals surface area contributed by atoms with Gasteiger partial charge in [0.1, 0.15) is 5.69 Å². The molecule has 7 heteroatoms. The highest BCUT2D eigenvalue weighted by molar-refractivity contribution is 5.72. The summed E-state index contributed by atoms with van der Waals surface area (Å²) in [6.07, 6.45) is 4.80. The van der Waals surface area contributed by atoms with Crippen molar-refractivity contribution < 1.29 is 9.13 Å². The number of hydrogen-bond donors (Lipinski definition) is 1. The standard InChI is InChI=1S/C14H12FN5O/c1-21-12-4-3-9(7-10(12)15)13-11(16)8-20(19-13)14-17-5-2-6-18-14/h2-8H,16H2,1H3. The van der Waals surface area contributed by atoms with Gasteiger partial charge in [0.2, 0.25) is 0 Å². The minimum Gasteiger partial charge on any atom is -0.494 e. The number of hydrogen-bond acceptors (Lipinski definition) is 5. The summed E-state index contributed by atoms with van der Waals surface area (Å²) in [6, 6.07) is 6.25. The summed E-state index contributed by atoms with van der Waals surface area (Å²) in [6.45, 7) is 0. The van der Waals surface area contributed by atoms with Crippen LogP contribution in [-0.2, 0) is 0 Å². The largest absolute Gasteiger partial charge is 0.494 e. The number of nitrogen functional groups attached to an aromatic ring is 1.